The van der Waals surface area contributed by atoms with Gasteiger partial charge in [-0.2, -0.15) is 0 Å². The molecule has 1 aliphatic heterocycles. The lowest BCUT2D eigenvalue weighted by Crippen LogP contribution is -2.25. The average molecular weight is 302 g/mol. The molecule has 2 aromatic rings. The molecule has 1 fully saturated rings. The van der Waals surface area contributed by atoms with Gasteiger partial charge in [0, 0.05) is 6.54 Å². The molecular formula is C17H20ClN3. The van der Waals surface area contributed by atoms with E-state index in [1.54, 1.807) is 0 Å². The second-order valence-electron chi connectivity index (χ2n) is 5.77. The molecule has 0 radical (unpaired) electrons. The van der Waals surface area contributed by atoms with E-state index in [0.29, 0.717) is 11.2 Å². The predicted octanol–water partition coefficient (Wildman–Crippen LogP) is 4.40. The Bertz CT molecular complexity index is 652. The minimum absolute atomic E-state index is 0.373. The molecule has 3 nitrogen and oxygen atoms in total. The summed E-state index contributed by atoms with van der Waals surface area (Å²) in [5.41, 5.74) is 4.38. The molecule has 0 aliphatic carbocycles. The number of anilines is 1. The number of hydrogen-bond acceptors (Lipinski definition) is 3. The van der Waals surface area contributed by atoms with Gasteiger partial charge in [-0.3, -0.25) is 4.98 Å². The van der Waals surface area contributed by atoms with Crippen molar-refractivity contribution in [2.75, 3.05) is 11.4 Å². The van der Waals surface area contributed by atoms with E-state index in [0.717, 1.165) is 30.2 Å². The van der Waals surface area contributed by atoms with Crippen LogP contribution in [0.3, 0.4) is 0 Å². The molecule has 1 aromatic carbocycles. The summed E-state index contributed by atoms with van der Waals surface area (Å²) < 4.78 is 0. The minimum atomic E-state index is 0.373. The fourth-order valence-electron chi connectivity index (χ4n) is 3.03. The zero-order valence-electron chi connectivity index (χ0n) is 12.7. The summed E-state index contributed by atoms with van der Waals surface area (Å²) in [5, 5.41) is 0.505. The number of hydrogen-bond donors (Lipinski definition) is 0. The average Bonchev–Trinajstić information content (AvgIpc) is 2.93. The predicted molar refractivity (Wildman–Crippen MR) is 87.0 cm³/mol. The summed E-state index contributed by atoms with van der Waals surface area (Å²) in [6, 6.07) is 9.16. The molecule has 0 amide bonds. The normalized spacial score (nSPS) is 18.3. The smallest absolute Gasteiger partial charge is 0.152 e. The van der Waals surface area contributed by atoms with Gasteiger partial charge in [0.15, 0.2) is 11.0 Å². The van der Waals surface area contributed by atoms with E-state index in [4.69, 9.17) is 11.6 Å². The molecule has 1 aliphatic rings. The van der Waals surface area contributed by atoms with Crippen molar-refractivity contribution in [2.24, 2.45) is 0 Å². The van der Waals surface area contributed by atoms with Gasteiger partial charge in [0.25, 0.3) is 0 Å². The molecule has 0 N–H and O–H groups in total. The van der Waals surface area contributed by atoms with Gasteiger partial charge < -0.3 is 4.90 Å². The van der Waals surface area contributed by atoms with Crippen molar-refractivity contribution < 1.29 is 0 Å². The minimum Gasteiger partial charge on any atom is -0.348 e. The highest BCUT2D eigenvalue weighted by molar-refractivity contribution is 6.30. The maximum absolute atomic E-state index is 6.18. The molecular weight excluding hydrogens is 282 g/mol. The van der Waals surface area contributed by atoms with Crippen LogP contribution in [0.25, 0.3) is 0 Å². The van der Waals surface area contributed by atoms with E-state index < -0.39 is 0 Å². The lowest BCUT2D eigenvalue weighted by atomic mass is 10.0. The van der Waals surface area contributed by atoms with Gasteiger partial charge in [0.1, 0.15) is 0 Å². The number of benzene rings is 1. The van der Waals surface area contributed by atoms with Crippen LogP contribution >= 0.6 is 11.6 Å². The summed E-state index contributed by atoms with van der Waals surface area (Å²) >= 11 is 6.18. The van der Waals surface area contributed by atoms with Gasteiger partial charge in [0.05, 0.1) is 17.4 Å². The second kappa shape index (κ2) is 5.64. The van der Waals surface area contributed by atoms with E-state index >= 15 is 0 Å². The summed E-state index contributed by atoms with van der Waals surface area (Å²) in [7, 11) is 0. The summed E-state index contributed by atoms with van der Waals surface area (Å²) in [6.07, 6.45) is 2.32. The van der Waals surface area contributed by atoms with Crippen LogP contribution in [-0.2, 0) is 0 Å². The Morgan fingerprint density at radius 1 is 1.05 bits per heavy atom. The van der Waals surface area contributed by atoms with Gasteiger partial charge >= 0.3 is 0 Å². The largest absolute Gasteiger partial charge is 0.348 e. The molecule has 4 heteroatoms. The highest BCUT2D eigenvalue weighted by Gasteiger charge is 2.28. The lowest BCUT2D eigenvalue weighted by Gasteiger charge is -2.27. The number of aryl methyl sites for hydroxylation is 3. The van der Waals surface area contributed by atoms with Gasteiger partial charge in [-0.25, -0.2) is 4.98 Å². The SMILES string of the molecule is Cc1ccc(C2CCCN2c2nc(Cl)c(C)nc2C)cc1. The van der Waals surface area contributed by atoms with Gasteiger partial charge in [-0.1, -0.05) is 41.4 Å². The first kappa shape index (κ1) is 14.3. The first-order valence-corrected chi connectivity index (χ1v) is 7.78. The third kappa shape index (κ3) is 2.75. The van der Waals surface area contributed by atoms with Gasteiger partial charge in [-0.05, 0) is 39.2 Å². The maximum atomic E-state index is 6.18. The molecule has 21 heavy (non-hydrogen) atoms. The fraction of sp³-hybridized carbons (Fsp3) is 0.412. The van der Waals surface area contributed by atoms with Crippen molar-refractivity contribution in [3.63, 3.8) is 0 Å². The van der Waals surface area contributed by atoms with E-state index in [1.807, 2.05) is 13.8 Å². The Kier molecular flexibility index (Phi) is 3.85. The molecule has 0 spiro atoms. The number of halogens is 1. The number of rotatable bonds is 2. The molecule has 1 aromatic heterocycles. The van der Waals surface area contributed by atoms with E-state index in [2.05, 4.69) is 46.1 Å². The van der Waals surface area contributed by atoms with Crippen molar-refractivity contribution in [3.8, 4) is 0 Å². The Hall–Kier alpha value is -1.61. The summed E-state index contributed by atoms with van der Waals surface area (Å²) in [6.45, 7) is 7.03. The second-order valence-corrected chi connectivity index (χ2v) is 6.13. The number of nitrogens with zero attached hydrogens (tertiary/aromatic N) is 3. The van der Waals surface area contributed by atoms with Crippen LogP contribution in [0.15, 0.2) is 24.3 Å². The molecule has 1 atom stereocenters. The Morgan fingerprint density at radius 3 is 2.48 bits per heavy atom. The number of aromatic nitrogens is 2. The Labute approximate surface area is 131 Å². The molecule has 0 saturated carbocycles. The molecule has 2 heterocycles. The summed E-state index contributed by atoms with van der Waals surface area (Å²) in [5.74, 6) is 0.925. The monoisotopic (exact) mass is 301 g/mol. The van der Waals surface area contributed by atoms with Crippen LogP contribution in [0.5, 0.6) is 0 Å². The van der Waals surface area contributed by atoms with Crippen LogP contribution < -0.4 is 4.90 Å². The highest BCUT2D eigenvalue weighted by atomic mass is 35.5. The van der Waals surface area contributed by atoms with E-state index in [9.17, 15) is 0 Å². The van der Waals surface area contributed by atoms with Crippen LogP contribution in [0, 0.1) is 20.8 Å². The zero-order valence-corrected chi connectivity index (χ0v) is 13.5. The molecule has 1 unspecified atom stereocenters. The third-order valence-corrected chi connectivity index (χ3v) is 4.51. The maximum Gasteiger partial charge on any atom is 0.152 e. The molecule has 110 valence electrons. The van der Waals surface area contributed by atoms with Gasteiger partial charge in [0.2, 0.25) is 0 Å². The zero-order chi connectivity index (χ0) is 15.0. The fourth-order valence-corrected chi connectivity index (χ4v) is 3.15. The summed E-state index contributed by atoms with van der Waals surface area (Å²) in [4.78, 5) is 11.4. The first-order valence-electron chi connectivity index (χ1n) is 7.40. The van der Waals surface area contributed by atoms with Crippen molar-refractivity contribution in [1.82, 2.24) is 9.97 Å². The molecule has 3 rings (SSSR count). The quantitative estimate of drug-likeness (QED) is 0.823. The standard InChI is InChI=1S/C17H20ClN3/c1-11-6-8-14(9-7-11)15-5-4-10-21(15)17-13(3)19-12(2)16(18)20-17/h6-9,15H,4-5,10H2,1-3H3. The van der Waals surface area contributed by atoms with Crippen molar-refractivity contribution in [1.29, 1.82) is 0 Å². The molecule has 1 saturated heterocycles. The topological polar surface area (TPSA) is 29.0 Å². The van der Waals surface area contributed by atoms with E-state index in [1.165, 1.54) is 17.5 Å². The van der Waals surface area contributed by atoms with Crippen LogP contribution in [0.1, 0.15) is 41.4 Å². The van der Waals surface area contributed by atoms with E-state index in [-0.39, 0.29) is 0 Å². The highest BCUT2D eigenvalue weighted by Crippen LogP contribution is 2.36. The van der Waals surface area contributed by atoms with Crippen LogP contribution in [0.2, 0.25) is 5.15 Å². The molecule has 0 bridgehead atoms. The van der Waals surface area contributed by atoms with Gasteiger partial charge in [-0.15, -0.1) is 0 Å². The van der Waals surface area contributed by atoms with Crippen molar-refractivity contribution >= 4 is 17.4 Å². The van der Waals surface area contributed by atoms with Crippen LogP contribution in [0.4, 0.5) is 5.82 Å². The van der Waals surface area contributed by atoms with Crippen molar-refractivity contribution in [3.05, 3.63) is 51.9 Å². The van der Waals surface area contributed by atoms with Crippen LogP contribution in [-0.4, -0.2) is 16.5 Å². The Morgan fingerprint density at radius 2 is 1.76 bits per heavy atom. The lowest BCUT2D eigenvalue weighted by molar-refractivity contribution is 0.706. The first-order chi connectivity index (χ1) is 10.1. The van der Waals surface area contributed by atoms with Crippen molar-refractivity contribution in [2.45, 2.75) is 39.7 Å². The third-order valence-electron chi connectivity index (χ3n) is 4.15. The Balaban J connectivity index is 1.97.